The molecule has 0 aliphatic rings. The lowest BCUT2D eigenvalue weighted by Crippen LogP contribution is -2.44. The topological polar surface area (TPSA) is 76.7 Å². The van der Waals surface area contributed by atoms with Gasteiger partial charge in [-0.1, -0.05) is 26.0 Å². The average molecular weight is 379 g/mol. The lowest BCUT2D eigenvalue weighted by atomic mass is 10.0. The van der Waals surface area contributed by atoms with E-state index in [0.29, 0.717) is 32.1 Å². The van der Waals surface area contributed by atoms with E-state index in [1.807, 2.05) is 31.2 Å². The van der Waals surface area contributed by atoms with Gasteiger partial charge < -0.3 is 20.1 Å². The number of hydrogen-bond acceptors (Lipinski definition) is 4. The molecule has 2 amide bonds. The average Bonchev–Trinajstić information content (AvgIpc) is 2.59. The molecule has 0 saturated carbocycles. The monoisotopic (exact) mass is 378 g/mol. The Labute approximate surface area is 163 Å². The van der Waals surface area contributed by atoms with Gasteiger partial charge in [0.25, 0.3) is 0 Å². The number of benzene rings is 1. The second-order valence-electron chi connectivity index (χ2n) is 7.12. The van der Waals surface area contributed by atoms with Crippen molar-refractivity contribution in [3.63, 3.8) is 0 Å². The molecule has 0 aliphatic heterocycles. The van der Waals surface area contributed by atoms with E-state index < -0.39 is 6.09 Å². The zero-order valence-corrected chi connectivity index (χ0v) is 17.0. The first kappa shape index (κ1) is 22.8. The molecule has 0 fully saturated rings. The highest BCUT2D eigenvalue weighted by atomic mass is 16.5. The normalized spacial score (nSPS) is 11.7. The summed E-state index contributed by atoms with van der Waals surface area (Å²) >= 11 is 0. The van der Waals surface area contributed by atoms with E-state index in [1.165, 1.54) is 5.56 Å². The molecule has 2 N–H and O–H groups in total. The first-order valence-electron chi connectivity index (χ1n) is 9.80. The van der Waals surface area contributed by atoms with E-state index in [2.05, 4.69) is 24.5 Å². The maximum Gasteiger partial charge on any atom is 0.407 e. The van der Waals surface area contributed by atoms with Crippen LogP contribution in [0.3, 0.4) is 0 Å². The summed E-state index contributed by atoms with van der Waals surface area (Å²) in [6.07, 6.45) is 2.37. The van der Waals surface area contributed by atoms with Crippen LogP contribution in [0.1, 0.15) is 52.0 Å². The van der Waals surface area contributed by atoms with Gasteiger partial charge in [0.1, 0.15) is 5.75 Å². The van der Waals surface area contributed by atoms with E-state index in [1.54, 1.807) is 6.92 Å². The van der Waals surface area contributed by atoms with Crippen molar-refractivity contribution in [1.29, 1.82) is 0 Å². The summed E-state index contributed by atoms with van der Waals surface area (Å²) in [4.78, 5) is 23.6. The van der Waals surface area contributed by atoms with Gasteiger partial charge in [-0.3, -0.25) is 4.79 Å². The number of hydrogen-bond donors (Lipinski definition) is 2. The molecule has 1 aromatic rings. The van der Waals surface area contributed by atoms with E-state index in [9.17, 15) is 9.59 Å². The van der Waals surface area contributed by atoms with Crippen molar-refractivity contribution in [2.75, 3.05) is 19.8 Å². The van der Waals surface area contributed by atoms with E-state index in [-0.39, 0.29) is 11.9 Å². The highest BCUT2D eigenvalue weighted by molar-refractivity contribution is 5.76. The number of amides is 2. The van der Waals surface area contributed by atoms with Gasteiger partial charge >= 0.3 is 6.09 Å². The van der Waals surface area contributed by atoms with Crippen LogP contribution in [0.4, 0.5) is 4.79 Å². The minimum atomic E-state index is -0.439. The van der Waals surface area contributed by atoms with Crippen LogP contribution in [0.25, 0.3) is 0 Å². The molecule has 152 valence electrons. The molecule has 0 aromatic heterocycles. The Hall–Kier alpha value is -2.24. The molecular formula is C21H34N2O4. The number of carbonyl (C=O) groups excluding carboxylic acids is 2. The molecule has 6 heteroatoms. The quantitative estimate of drug-likeness (QED) is 0.542. The molecular weight excluding hydrogens is 344 g/mol. The number of aryl methyl sites for hydroxylation is 1. The van der Waals surface area contributed by atoms with Crippen LogP contribution in [0.5, 0.6) is 5.75 Å². The van der Waals surface area contributed by atoms with E-state index in [4.69, 9.17) is 9.47 Å². The number of ether oxygens (including phenoxy) is 2. The molecule has 0 bridgehead atoms. The van der Waals surface area contributed by atoms with Gasteiger partial charge in [-0.15, -0.1) is 0 Å². The minimum Gasteiger partial charge on any atom is -0.494 e. The molecule has 1 rings (SSSR count). The van der Waals surface area contributed by atoms with Gasteiger partial charge in [0.05, 0.1) is 13.2 Å². The summed E-state index contributed by atoms with van der Waals surface area (Å²) < 4.78 is 10.6. The molecule has 1 aromatic carbocycles. The van der Waals surface area contributed by atoms with E-state index in [0.717, 1.165) is 25.0 Å². The predicted molar refractivity (Wildman–Crippen MR) is 107 cm³/mol. The Bertz CT molecular complexity index is 575. The largest absolute Gasteiger partial charge is 0.494 e. The SMILES string of the molecule is CCOC(=O)NC(CNC(=O)CCCCOc1cccc(C)c1)CC(C)C. The van der Waals surface area contributed by atoms with Crippen molar-refractivity contribution in [2.45, 2.75) is 59.4 Å². The number of rotatable bonds is 12. The Morgan fingerprint density at radius 2 is 1.96 bits per heavy atom. The van der Waals surface area contributed by atoms with Crippen LogP contribution in [0.2, 0.25) is 0 Å². The summed E-state index contributed by atoms with van der Waals surface area (Å²) in [7, 11) is 0. The van der Waals surface area contributed by atoms with Crippen molar-refractivity contribution in [1.82, 2.24) is 10.6 Å². The van der Waals surface area contributed by atoms with Crippen molar-refractivity contribution < 1.29 is 19.1 Å². The fourth-order valence-corrected chi connectivity index (χ4v) is 2.71. The Morgan fingerprint density at radius 1 is 1.19 bits per heavy atom. The fraction of sp³-hybridized carbons (Fsp3) is 0.619. The highest BCUT2D eigenvalue weighted by Gasteiger charge is 2.15. The van der Waals surface area contributed by atoms with Crippen molar-refractivity contribution in [2.24, 2.45) is 5.92 Å². The minimum absolute atomic E-state index is 0.00929. The smallest absolute Gasteiger partial charge is 0.407 e. The Kier molecular flexibility index (Phi) is 11.0. The molecule has 27 heavy (non-hydrogen) atoms. The zero-order valence-electron chi connectivity index (χ0n) is 17.0. The number of alkyl carbamates (subject to hydrolysis) is 1. The first-order chi connectivity index (χ1) is 12.9. The standard InChI is InChI=1S/C21H34N2O4/c1-5-26-21(25)23-18(13-16(2)3)15-22-20(24)11-6-7-12-27-19-10-8-9-17(4)14-19/h8-10,14,16,18H,5-7,11-13,15H2,1-4H3,(H,22,24)(H,23,25). The van der Waals surface area contributed by atoms with Gasteiger partial charge in [-0.2, -0.15) is 0 Å². The van der Waals surface area contributed by atoms with Gasteiger partial charge in [0.15, 0.2) is 0 Å². The van der Waals surface area contributed by atoms with Crippen LogP contribution < -0.4 is 15.4 Å². The lowest BCUT2D eigenvalue weighted by Gasteiger charge is -2.20. The second-order valence-corrected chi connectivity index (χ2v) is 7.12. The molecule has 1 atom stereocenters. The van der Waals surface area contributed by atoms with Crippen LogP contribution >= 0.6 is 0 Å². The molecule has 0 saturated heterocycles. The maximum atomic E-state index is 12.0. The fourth-order valence-electron chi connectivity index (χ4n) is 2.71. The Balaban J connectivity index is 2.22. The first-order valence-corrected chi connectivity index (χ1v) is 9.80. The molecule has 0 radical (unpaired) electrons. The van der Waals surface area contributed by atoms with Gasteiger partial charge in [0, 0.05) is 19.0 Å². The van der Waals surface area contributed by atoms with Crippen LogP contribution in [0, 0.1) is 12.8 Å². The summed E-state index contributed by atoms with van der Waals surface area (Å²) in [6, 6.07) is 7.80. The molecule has 6 nitrogen and oxygen atoms in total. The summed E-state index contributed by atoms with van der Waals surface area (Å²) in [5, 5.41) is 5.71. The van der Waals surface area contributed by atoms with E-state index >= 15 is 0 Å². The van der Waals surface area contributed by atoms with Gasteiger partial charge in [0.2, 0.25) is 5.91 Å². The molecule has 0 heterocycles. The maximum absolute atomic E-state index is 12.0. The number of carbonyl (C=O) groups is 2. The zero-order chi connectivity index (χ0) is 20.1. The molecule has 0 aliphatic carbocycles. The Morgan fingerprint density at radius 3 is 2.63 bits per heavy atom. The third-order valence-corrected chi connectivity index (χ3v) is 3.96. The van der Waals surface area contributed by atoms with Gasteiger partial charge in [-0.25, -0.2) is 4.79 Å². The molecule has 1 unspecified atom stereocenters. The third kappa shape index (κ3) is 11.2. The highest BCUT2D eigenvalue weighted by Crippen LogP contribution is 2.13. The van der Waals surface area contributed by atoms with Crippen molar-refractivity contribution in [3.8, 4) is 5.75 Å². The number of nitrogens with one attached hydrogen (secondary N) is 2. The predicted octanol–water partition coefficient (Wildman–Crippen LogP) is 3.82. The van der Waals surface area contributed by atoms with Crippen LogP contribution in [-0.2, 0) is 9.53 Å². The van der Waals surface area contributed by atoms with Crippen LogP contribution in [0.15, 0.2) is 24.3 Å². The molecule has 0 spiro atoms. The van der Waals surface area contributed by atoms with Gasteiger partial charge in [-0.05, 0) is 56.7 Å². The summed E-state index contributed by atoms with van der Waals surface area (Å²) in [5.74, 6) is 1.26. The van der Waals surface area contributed by atoms with Crippen molar-refractivity contribution in [3.05, 3.63) is 29.8 Å². The third-order valence-electron chi connectivity index (χ3n) is 3.96. The second kappa shape index (κ2) is 13.0. The summed E-state index contributed by atoms with van der Waals surface area (Å²) in [5.41, 5.74) is 1.17. The lowest BCUT2D eigenvalue weighted by molar-refractivity contribution is -0.121. The summed E-state index contributed by atoms with van der Waals surface area (Å²) in [6.45, 7) is 9.29. The number of unbranched alkanes of at least 4 members (excludes halogenated alkanes) is 1. The van der Waals surface area contributed by atoms with Crippen LogP contribution in [-0.4, -0.2) is 37.8 Å². The van der Waals surface area contributed by atoms with Crippen molar-refractivity contribution >= 4 is 12.0 Å².